The number of furan rings is 1. The number of imide groups is 1. The number of hydrogen-bond acceptors (Lipinski definition) is 5. The van der Waals surface area contributed by atoms with Gasteiger partial charge < -0.3 is 9.73 Å². The molecule has 0 spiro atoms. The smallest absolute Gasteiger partial charge is 0.295 e. The number of carbonyl (C=O) groups is 4. The zero-order chi connectivity index (χ0) is 21.7. The van der Waals surface area contributed by atoms with E-state index in [0.29, 0.717) is 11.4 Å². The van der Waals surface area contributed by atoms with Crippen molar-refractivity contribution in [1.82, 2.24) is 4.90 Å². The van der Waals surface area contributed by atoms with Crippen LogP contribution in [0, 0.1) is 23.7 Å². The Morgan fingerprint density at radius 2 is 1.71 bits per heavy atom. The Balaban J connectivity index is 1.44. The molecule has 1 saturated heterocycles. The molecular formula is C23H23N3O5. The zero-order valence-corrected chi connectivity index (χ0v) is 17.1. The molecule has 160 valence electrons. The van der Waals surface area contributed by atoms with Gasteiger partial charge in [-0.1, -0.05) is 0 Å². The number of carbonyl (C=O) groups excluding carboxylic acids is 4. The number of rotatable bonds is 5. The molecule has 1 aliphatic heterocycles. The van der Waals surface area contributed by atoms with Crippen molar-refractivity contribution in [2.75, 3.05) is 16.9 Å². The lowest BCUT2D eigenvalue weighted by atomic mass is 9.81. The third-order valence-corrected chi connectivity index (χ3v) is 6.78. The van der Waals surface area contributed by atoms with Crippen molar-refractivity contribution >= 4 is 35.0 Å². The van der Waals surface area contributed by atoms with E-state index in [2.05, 4.69) is 5.32 Å². The van der Waals surface area contributed by atoms with Crippen LogP contribution in [0.2, 0.25) is 0 Å². The van der Waals surface area contributed by atoms with E-state index in [1.165, 1.54) is 23.0 Å². The summed E-state index contributed by atoms with van der Waals surface area (Å²) in [5.74, 6) is -0.800. The Hall–Kier alpha value is -3.42. The van der Waals surface area contributed by atoms with Crippen LogP contribution in [0.25, 0.3) is 0 Å². The molecule has 31 heavy (non-hydrogen) atoms. The average Bonchev–Trinajstić information content (AvgIpc) is 3.53. The summed E-state index contributed by atoms with van der Waals surface area (Å²) in [6, 6.07) is 9.83. The summed E-state index contributed by atoms with van der Waals surface area (Å²) in [5.41, 5.74) is 1.08. The van der Waals surface area contributed by atoms with Gasteiger partial charge in [-0.2, -0.15) is 0 Å². The van der Waals surface area contributed by atoms with Crippen LogP contribution in [0.4, 0.5) is 11.4 Å². The molecule has 8 nitrogen and oxygen atoms in total. The van der Waals surface area contributed by atoms with E-state index in [1.807, 2.05) is 0 Å². The molecule has 2 heterocycles. The Labute approximate surface area is 179 Å². The van der Waals surface area contributed by atoms with Crippen molar-refractivity contribution in [2.45, 2.75) is 26.2 Å². The van der Waals surface area contributed by atoms with Gasteiger partial charge in [0.25, 0.3) is 5.91 Å². The van der Waals surface area contributed by atoms with Crippen molar-refractivity contribution in [2.24, 2.45) is 23.7 Å². The van der Waals surface area contributed by atoms with Gasteiger partial charge in [0.1, 0.15) is 6.67 Å². The van der Waals surface area contributed by atoms with Gasteiger partial charge in [0.2, 0.25) is 17.7 Å². The van der Waals surface area contributed by atoms with Gasteiger partial charge in [-0.3, -0.25) is 29.0 Å². The normalized spacial score (nSPS) is 26.3. The lowest BCUT2D eigenvalue weighted by Gasteiger charge is -2.27. The SMILES string of the molecule is CC(=O)Nc1ccc(N(CN2C(=O)[C@@H]3[C@H]4CC[C@@H](C4)[C@H]3C2=O)C(=O)c2ccco2)cc1. The second-order valence-corrected chi connectivity index (χ2v) is 8.57. The van der Waals surface area contributed by atoms with Gasteiger partial charge in [-0.05, 0) is 67.5 Å². The van der Waals surface area contributed by atoms with Crippen LogP contribution >= 0.6 is 0 Å². The summed E-state index contributed by atoms with van der Waals surface area (Å²) in [5, 5.41) is 2.68. The third kappa shape index (κ3) is 3.22. The molecule has 2 aliphatic carbocycles. The average molecular weight is 421 g/mol. The molecule has 4 atom stereocenters. The van der Waals surface area contributed by atoms with Crippen LogP contribution in [0.3, 0.4) is 0 Å². The van der Waals surface area contributed by atoms with E-state index in [4.69, 9.17) is 4.42 Å². The Bertz CT molecular complexity index is 1020. The second kappa shape index (κ2) is 7.37. The molecule has 1 aromatic carbocycles. The molecule has 1 N–H and O–H groups in total. The highest BCUT2D eigenvalue weighted by atomic mass is 16.3. The van der Waals surface area contributed by atoms with Crippen LogP contribution in [0.5, 0.6) is 0 Å². The van der Waals surface area contributed by atoms with Gasteiger partial charge in [0, 0.05) is 18.3 Å². The lowest BCUT2D eigenvalue weighted by Crippen LogP contribution is -2.45. The first-order chi connectivity index (χ1) is 14.9. The summed E-state index contributed by atoms with van der Waals surface area (Å²) < 4.78 is 5.27. The maximum absolute atomic E-state index is 13.2. The maximum atomic E-state index is 13.2. The van der Waals surface area contributed by atoms with Crippen LogP contribution in [-0.2, 0) is 14.4 Å². The molecule has 0 radical (unpaired) electrons. The number of likely N-dealkylation sites (tertiary alicyclic amines) is 1. The minimum Gasteiger partial charge on any atom is -0.459 e. The van der Waals surface area contributed by atoms with Gasteiger partial charge in [-0.15, -0.1) is 0 Å². The minimum absolute atomic E-state index is 0.116. The molecule has 1 aromatic heterocycles. The summed E-state index contributed by atoms with van der Waals surface area (Å²) in [6.45, 7) is 1.25. The van der Waals surface area contributed by atoms with E-state index < -0.39 is 5.91 Å². The monoisotopic (exact) mass is 421 g/mol. The first-order valence-electron chi connectivity index (χ1n) is 10.5. The predicted molar refractivity (Wildman–Crippen MR) is 111 cm³/mol. The molecule has 8 heteroatoms. The Morgan fingerprint density at radius 3 is 2.26 bits per heavy atom. The number of benzene rings is 1. The molecule has 2 saturated carbocycles. The summed E-state index contributed by atoms with van der Waals surface area (Å²) >= 11 is 0. The lowest BCUT2D eigenvalue weighted by molar-refractivity contribution is -0.140. The molecule has 2 bridgehead atoms. The molecule has 5 rings (SSSR count). The van der Waals surface area contributed by atoms with E-state index >= 15 is 0 Å². The van der Waals surface area contributed by atoms with Crippen molar-refractivity contribution < 1.29 is 23.6 Å². The van der Waals surface area contributed by atoms with Gasteiger partial charge in [0.15, 0.2) is 5.76 Å². The van der Waals surface area contributed by atoms with Crippen molar-refractivity contribution in [1.29, 1.82) is 0 Å². The Kier molecular flexibility index (Phi) is 4.64. The molecule has 2 aromatic rings. The summed E-state index contributed by atoms with van der Waals surface area (Å²) in [7, 11) is 0. The highest BCUT2D eigenvalue weighted by Crippen LogP contribution is 2.56. The fourth-order valence-electron chi connectivity index (χ4n) is 5.48. The maximum Gasteiger partial charge on any atom is 0.295 e. The highest BCUT2D eigenvalue weighted by Gasteiger charge is 2.61. The molecule has 4 amide bonds. The van der Waals surface area contributed by atoms with Crippen LogP contribution in [0.15, 0.2) is 47.1 Å². The second-order valence-electron chi connectivity index (χ2n) is 8.57. The number of hydrogen-bond donors (Lipinski definition) is 1. The third-order valence-electron chi connectivity index (χ3n) is 6.78. The van der Waals surface area contributed by atoms with E-state index in [9.17, 15) is 19.2 Å². The number of amides is 4. The van der Waals surface area contributed by atoms with Crippen molar-refractivity contribution in [3.05, 3.63) is 48.4 Å². The first kappa shape index (κ1) is 19.5. The van der Waals surface area contributed by atoms with Crippen LogP contribution < -0.4 is 10.2 Å². The quantitative estimate of drug-likeness (QED) is 0.749. The number of nitrogens with one attached hydrogen (secondary N) is 1. The van der Waals surface area contributed by atoms with E-state index in [0.717, 1.165) is 19.3 Å². The summed E-state index contributed by atoms with van der Waals surface area (Å²) in [6.07, 6.45) is 4.36. The van der Waals surface area contributed by atoms with Crippen LogP contribution in [-0.4, -0.2) is 35.2 Å². The molecule has 0 unspecified atom stereocenters. The van der Waals surface area contributed by atoms with E-state index in [-0.39, 0.29) is 53.8 Å². The van der Waals surface area contributed by atoms with Gasteiger partial charge in [0.05, 0.1) is 18.1 Å². The molecular weight excluding hydrogens is 398 g/mol. The largest absolute Gasteiger partial charge is 0.459 e. The topological polar surface area (TPSA) is 99.9 Å². The molecule has 3 fully saturated rings. The Morgan fingerprint density at radius 1 is 1.06 bits per heavy atom. The number of nitrogens with zero attached hydrogens (tertiary/aromatic N) is 2. The highest BCUT2D eigenvalue weighted by molar-refractivity contribution is 6.09. The van der Waals surface area contributed by atoms with Crippen molar-refractivity contribution in [3.63, 3.8) is 0 Å². The summed E-state index contributed by atoms with van der Waals surface area (Å²) in [4.78, 5) is 53.3. The first-order valence-corrected chi connectivity index (χ1v) is 10.5. The predicted octanol–water partition coefficient (Wildman–Crippen LogP) is 2.87. The fraction of sp³-hybridized carbons (Fsp3) is 0.391. The van der Waals surface area contributed by atoms with E-state index in [1.54, 1.807) is 36.4 Å². The van der Waals surface area contributed by atoms with Gasteiger partial charge >= 0.3 is 0 Å². The standard InChI is InChI=1S/C23H23N3O5/c1-13(27)24-16-6-8-17(9-7-16)25(21(28)18-3-2-10-31-18)12-26-22(29)19-14-4-5-15(11-14)20(19)23(26)30/h2-3,6-10,14-15,19-20H,4-5,11-12H2,1H3,(H,24,27)/t14-,15-,19+,20+/m0/s1. The minimum atomic E-state index is -0.446. The number of fused-ring (bicyclic) bond motifs is 5. The van der Waals surface area contributed by atoms with Gasteiger partial charge in [-0.25, -0.2) is 0 Å². The van der Waals surface area contributed by atoms with Crippen molar-refractivity contribution in [3.8, 4) is 0 Å². The van der Waals surface area contributed by atoms with Crippen LogP contribution in [0.1, 0.15) is 36.7 Å². The number of anilines is 2. The fourth-order valence-corrected chi connectivity index (χ4v) is 5.48. The zero-order valence-electron chi connectivity index (χ0n) is 17.1. The molecule has 3 aliphatic rings.